The van der Waals surface area contributed by atoms with Crippen LogP contribution in [-0.4, -0.2) is 50.1 Å². The highest BCUT2D eigenvalue weighted by Gasteiger charge is 2.51. The second-order valence-electron chi connectivity index (χ2n) is 11.3. The number of hydrogen-bond acceptors (Lipinski definition) is 5. The predicted octanol–water partition coefficient (Wildman–Crippen LogP) is 3.85. The zero-order chi connectivity index (χ0) is 23.8. The van der Waals surface area contributed by atoms with Crippen LogP contribution < -0.4 is 0 Å². The average molecular weight is 447 g/mol. The van der Waals surface area contributed by atoms with Crippen molar-refractivity contribution in [2.75, 3.05) is 0 Å². The van der Waals surface area contributed by atoms with Crippen molar-refractivity contribution in [1.82, 2.24) is 0 Å². The summed E-state index contributed by atoms with van der Waals surface area (Å²) in [6.07, 6.45) is 8.69. The number of aliphatic hydroxyl groups excluding tert-OH is 3. The van der Waals surface area contributed by atoms with Crippen molar-refractivity contribution in [2.45, 2.75) is 103 Å². The molecule has 32 heavy (non-hydrogen) atoms. The Kier molecular flexibility index (Phi) is 7.56. The van der Waals surface area contributed by atoms with Crippen molar-refractivity contribution in [3.05, 3.63) is 35.5 Å². The van der Waals surface area contributed by atoms with Gasteiger partial charge in [0.25, 0.3) is 0 Å². The van der Waals surface area contributed by atoms with Crippen LogP contribution in [0.3, 0.4) is 0 Å². The van der Waals surface area contributed by atoms with Gasteiger partial charge in [-0.15, -0.1) is 0 Å². The van der Waals surface area contributed by atoms with Gasteiger partial charge in [-0.05, 0) is 93.1 Å². The van der Waals surface area contributed by atoms with Crippen LogP contribution >= 0.6 is 0 Å². The van der Waals surface area contributed by atoms with Crippen molar-refractivity contribution in [2.24, 2.45) is 23.2 Å². The molecule has 3 aliphatic carbocycles. The van der Waals surface area contributed by atoms with E-state index in [9.17, 15) is 25.2 Å². The summed E-state index contributed by atoms with van der Waals surface area (Å²) < 4.78 is 0. The first-order chi connectivity index (χ1) is 14.8. The molecule has 0 aromatic rings. The molecule has 0 aromatic heterocycles. The molecule has 4 N–H and O–H groups in total. The Labute approximate surface area is 192 Å². The molecule has 0 amide bonds. The van der Waals surface area contributed by atoms with Gasteiger partial charge in [0.15, 0.2) is 5.78 Å². The molecule has 7 atom stereocenters. The molecule has 5 nitrogen and oxygen atoms in total. The van der Waals surface area contributed by atoms with E-state index in [1.807, 2.05) is 0 Å². The second-order valence-corrected chi connectivity index (χ2v) is 11.3. The molecule has 0 aromatic carbocycles. The van der Waals surface area contributed by atoms with Gasteiger partial charge in [-0.3, -0.25) is 4.79 Å². The molecule has 0 aliphatic heterocycles. The lowest BCUT2D eigenvalue weighted by Gasteiger charge is -2.44. The fourth-order valence-corrected chi connectivity index (χ4v) is 6.71. The van der Waals surface area contributed by atoms with Gasteiger partial charge in [-0.1, -0.05) is 38.2 Å². The Balaban J connectivity index is 1.75. The first-order valence-corrected chi connectivity index (χ1v) is 12.2. The third kappa shape index (κ3) is 5.11. The van der Waals surface area contributed by atoms with E-state index in [0.717, 1.165) is 37.7 Å². The zero-order valence-corrected chi connectivity index (χ0v) is 20.2. The summed E-state index contributed by atoms with van der Waals surface area (Å²) >= 11 is 0. The van der Waals surface area contributed by atoms with Crippen LogP contribution in [0.1, 0.15) is 79.1 Å². The van der Waals surface area contributed by atoms with E-state index < -0.39 is 29.7 Å². The van der Waals surface area contributed by atoms with Crippen molar-refractivity contribution in [3.8, 4) is 0 Å². The summed E-state index contributed by atoms with van der Waals surface area (Å²) in [5.74, 6) is 0.570. The maximum atomic E-state index is 12.3. The normalized spacial score (nSPS) is 38.1. The number of aliphatic hydroxyl groups is 4. The van der Waals surface area contributed by atoms with Gasteiger partial charge in [-0.2, -0.15) is 0 Å². The minimum atomic E-state index is -1.51. The van der Waals surface area contributed by atoms with Crippen LogP contribution in [0.5, 0.6) is 0 Å². The number of carbonyl (C=O) groups excluding carboxylic acids is 1. The molecule has 0 saturated heterocycles. The van der Waals surface area contributed by atoms with E-state index >= 15 is 0 Å². The lowest BCUT2D eigenvalue weighted by atomic mass is 9.60. The first kappa shape index (κ1) is 25.4. The molecule has 0 heterocycles. The third-order valence-corrected chi connectivity index (χ3v) is 8.49. The summed E-state index contributed by atoms with van der Waals surface area (Å²) in [5, 5.41) is 40.6. The van der Waals surface area contributed by atoms with E-state index in [0.29, 0.717) is 36.7 Å². The molecular formula is C27H42O5. The largest absolute Gasteiger partial charge is 0.393 e. The number of fused-ring (bicyclic) bond motifs is 1. The quantitative estimate of drug-likeness (QED) is 0.497. The van der Waals surface area contributed by atoms with Crippen LogP contribution in [0.2, 0.25) is 0 Å². The summed E-state index contributed by atoms with van der Waals surface area (Å²) in [4.78, 5) is 12.3. The number of hydrogen-bond donors (Lipinski definition) is 4. The Morgan fingerprint density at radius 3 is 2.62 bits per heavy atom. The number of allylic oxidation sites excluding steroid dienone is 3. The lowest BCUT2D eigenvalue weighted by molar-refractivity contribution is -0.144. The van der Waals surface area contributed by atoms with Gasteiger partial charge in [-0.25, -0.2) is 0 Å². The highest BCUT2D eigenvalue weighted by molar-refractivity contribution is 5.89. The van der Waals surface area contributed by atoms with E-state index in [4.69, 9.17) is 0 Å². The van der Waals surface area contributed by atoms with Crippen molar-refractivity contribution >= 4 is 5.78 Å². The molecule has 0 bridgehead atoms. The molecule has 3 aliphatic rings. The smallest absolute Gasteiger partial charge is 0.192 e. The number of ketones is 1. The number of carbonyl (C=O) groups is 1. The summed E-state index contributed by atoms with van der Waals surface area (Å²) in [6.45, 7) is 11.4. The summed E-state index contributed by atoms with van der Waals surface area (Å²) in [6, 6.07) is 0. The monoisotopic (exact) mass is 446 g/mol. The third-order valence-electron chi connectivity index (χ3n) is 8.49. The van der Waals surface area contributed by atoms with E-state index in [1.54, 1.807) is 0 Å². The number of rotatable bonds is 6. The van der Waals surface area contributed by atoms with Crippen LogP contribution in [0.15, 0.2) is 35.5 Å². The topological polar surface area (TPSA) is 98.0 Å². The van der Waals surface area contributed by atoms with Crippen LogP contribution in [0.25, 0.3) is 0 Å². The van der Waals surface area contributed by atoms with Crippen molar-refractivity contribution in [1.29, 1.82) is 0 Å². The molecule has 3 unspecified atom stereocenters. The first-order valence-electron chi connectivity index (χ1n) is 12.2. The van der Waals surface area contributed by atoms with E-state index in [-0.39, 0.29) is 11.3 Å². The van der Waals surface area contributed by atoms with Crippen LogP contribution in [0.4, 0.5) is 0 Å². The predicted molar refractivity (Wildman–Crippen MR) is 126 cm³/mol. The highest BCUT2D eigenvalue weighted by atomic mass is 16.3. The summed E-state index contributed by atoms with van der Waals surface area (Å²) in [7, 11) is 0. The molecule has 0 radical (unpaired) electrons. The Morgan fingerprint density at radius 1 is 1.28 bits per heavy atom. The molecule has 3 saturated carbocycles. The second kappa shape index (κ2) is 9.54. The van der Waals surface area contributed by atoms with E-state index in [1.165, 1.54) is 19.4 Å². The van der Waals surface area contributed by atoms with Gasteiger partial charge in [0, 0.05) is 6.42 Å². The van der Waals surface area contributed by atoms with Crippen molar-refractivity contribution < 1.29 is 25.2 Å². The number of Topliss-reactive ketones (excluding diaryl/α,β-unsaturated/α-hetero) is 1. The fourth-order valence-electron chi connectivity index (χ4n) is 6.71. The van der Waals surface area contributed by atoms with Gasteiger partial charge < -0.3 is 20.4 Å². The minimum Gasteiger partial charge on any atom is -0.393 e. The molecule has 3 rings (SSSR count). The molecule has 180 valence electrons. The lowest BCUT2D eigenvalue weighted by Crippen LogP contribution is -2.42. The van der Waals surface area contributed by atoms with Gasteiger partial charge in [0.05, 0.1) is 12.2 Å². The van der Waals surface area contributed by atoms with Crippen molar-refractivity contribution in [3.63, 3.8) is 0 Å². The zero-order valence-electron chi connectivity index (χ0n) is 20.2. The van der Waals surface area contributed by atoms with Gasteiger partial charge in [0.1, 0.15) is 11.7 Å². The minimum absolute atomic E-state index is 0.127. The van der Waals surface area contributed by atoms with Crippen LogP contribution in [0, 0.1) is 23.2 Å². The van der Waals surface area contributed by atoms with Crippen LogP contribution in [-0.2, 0) is 4.79 Å². The standard InChI is InChI=1S/C27H42O5/c1-16(13-24(30)25(31)26(3,4)32)21-10-11-22-18(7-6-12-27(21,22)5)8-9-19-14-20(28)15-23(29)17(19)2/h8-9,16,20-24,28-30,32H,2,6-7,10-15H2,1,3-5H3/b18-8+,19-9-/t16-,20-,21-,22?,23?,24?,27-/m1/s1. The summed E-state index contributed by atoms with van der Waals surface area (Å²) in [5.41, 5.74) is 1.69. The van der Waals surface area contributed by atoms with E-state index in [2.05, 4.69) is 32.6 Å². The Morgan fingerprint density at radius 2 is 1.97 bits per heavy atom. The molecule has 5 heteroatoms. The maximum absolute atomic E-state index is 12.3. The fraction of sp³-hybridized carbons (Fsp3) is 0.741. The maximum Gasteiger partial charge on any atom is 0.192 e. The van der Waals surface area contributed by atoms with Gasteiger partial charge >= 0.3 is 0 Å². The molecule has 0 spiro atoms. The molecule has 3 fully saturated rings. The Hall–Kier alpha value is -1.27. The Bertz CT molecular complexity index is 788. The highest BCUT2D eigenvalue weighted by Crippen LogP contribution is 2.59. The average Bonchev–Trinajstić information content (AvgIpc) is 3.05. The van der Waals surface area contributed by atoms with Gasteiger partial charge in [0.2, 0.25) is 0 Å². The molecular weight excluding hydrogens is 404 g/mol. The SMILES string of the molecule is C=C1/C(=C\C=C2/CCC[C@@]3(C)C2CC[C@@H]3[C@H](C)CC(O)C(=O)C(C)(C)O)C[C@@H](O)CC1O.